The van der Waals surface area contributed by atoms with E-state index in [9.17, 15) is 0 Å². The molecule has 0 N–H and O–H groups in total. The Balaban J connectivity index is 1.09. The highest BCUT2D eigenvalue weighted by atomic mass is 32.1. The molecule has 0 bridgehead atoms. The van der Waals surface area contributed by atoms with E-state index >= 15 is 0 Å². The summed E-state index contributed by atoms with van der Waals surface area (Å²) in [5.74, 6) is 0. The Hall–Kier alpha value is -7.78. The fourth-order valence-corrected chi connectivity index (χ4v) is 12.6. The monoisotopic (exact) mass is 831 g/mol. The fourth-order valence-electron chi connectivity index (χ4n) is 11.5. The Morgan fingerprint density at radius 3 is 1.39 bits per heavy atom. The third-order valence-electron chi connectivity index (χ3n) is 14.0. The highest BCUT2D eigenvalue weighted by Crippen LogP contribution is 2.65. The Bertz CT molecular complexity index is 3460. The molecule has 10 aromatic carbocycles. The molecule has 2 aliphatic carbocycles. The maximum Gasteiger partial charge on any atom is 0.0720 e. The second kappa shape index (κ2) is 14.4. The Labute approximate surface area is 377 Å². The molecule has 0 unspecified atom stereocenters. The van der Waals surface area contributed by atoms with E-state index in [-0.39, 0.29) is 0 Å². The number of rotatable bonds is 6. The first kappa shape index (κ1) is 36.8. The molecule has 0 atom stereocenters. The molecule has 11 aromatic rings. The predicted octanol–water partition coefficient (Wildman–Crippen LogP) is 16.3. The van der Waals surface area contributed by atoms with Crippen molar-refractivity contribution in [2.45, 2.75) is 10.8 Å². The van der Waals surface area contributed by atoms with Gasteiger partial charge in [-0.3, -0.25) is 0 Å². The second-order valence-electron chi connectivity index (χ2n) is 17.1. The lowest BCUT2D eigenvalue weighted by atomic mass is 9.51. The van der Waals surface area contributed by atoms with Gasteiger partial charge in [-0.15, -0.1) is 11.3 Å². The minimum Gasteiger partial charge on any atom is -0.310 e. The summed E-state index contributed by atoms with van der Waals surface area (Å²) in [4.78, 5) is 2.47. The van der Waals surface area contributed by atoms with Gasteiger partial charge in [-0.05, 0) is 109 Å². The average molecular weight is 832 g/mol. The zero-order chi connectivity index (χ0) is 42.2. The van der Waals surface area contributed by atoms with Gasteiger partial charge in [-0.1, -0.05) is 206 Å². The van der Waals surface area contributed by atoms with Crippen LogP contribution in [0.1, 0.15) is 44.5 Å². The quantitative estimate of drug-likeness (QED) is 0.161. The van der Waals surface area contributed by atoms with Gasteiger partial charge in [0, 0.05) is 37.2 Å². The van der Waals surface area contributed by atoms with E-state index in [4.69, 9.17) is 0 Å². The van der Waals surface area contributed by atoms with Gasteiger partial charge in [0.1, 0.15) is 0 Å². The zero-order valence-corrected chi connectivity index (χ0v) is 35.8. The molecule has 0 saturated carbocycles. The molecule has 2 aliphatic rings. The van der Waals surface area contributed by atoms with Crippen molar-refractivity contribution in [1.29, 1.82) is 0 Å². The molecule has 1 aromatic heterocycles. The van der Waals surface area contributed by atoms with Crippen LogP contribution < -0.4 is 4.90 Å². The van der Waals surface area contributed by atoms with Crippen LogP contribution >= 0.6 is 11.3 Å². The van der Waals surface area contributed by atoms with Gasteiger partial charge in [0.25, 0.3) is 0 Å². The van der Waals surface area contributed by atoms with Gasteiger partial charge in [0.2, 0.25) is 0 Å². The van der Waals surface area contributed by atoms with E-state index in [1.165, 1.54) is 86.9 Å². The van der Waals surface area contributed by atoms with Crippen molar-refractivity contribution in [2.75, 3.05) is 4.90 Å². The van der Waals surface area contributed by atoms with Crippen molar-refractivity contribution < 1.29 is 0 Å². The van der Waals surface area contributed by atoms with Gasteiger partial charge in [-0.25, -0.2) is 0 Å². The van der Waals surface area contributed by atoms with E-state index in [1.54, 1.807) is 0 Å². The van der Waals surface area contributed by atoms with Crippen LogP contribution in [0.15, 0.2) is 249 Å². The lowest BCUT2D eigenvalue weighted by Crippen LogP contribution is -2.44. The van der Waals surface area contributed by atoms with E-state index in [0.29, 0.717) is 0 Å². The first-order chi connectivity index (χ1) is 31.7. The van der Waals surface area contributed by atoms with Crippen LogP contribution in [0.25, 0.3) is 42.4 Å². The molecule has 13 rings (SSSR count). The van der Waals surface area contributed by atoms with Gasteiger partial charge >= 0.3 is 0 Å². The normalized spacial score (nSPS) is 13.9. The SMILES string of the molecule is c1ccc(-c2ccc(N(c3ccc4c(c3)C3(c5ccccc5-4)c4ccccc4C(c4ccccc4)(c4ccccc4)c4ccccc43)c3ccc4c(c3)sc3ccccc34)cc2)cc1. The molecule has 1 heterocycles. The molecular formula is C62H41NS. The molecule has 0 amide bonds. The van der Waals surface area contributed by atoms with Crippen LogP contribution in [-0.4, -0.2) is 0 Å². The van der Waals surface area contributed by atoms with Crippen LogP contribution in [0, 0.1) is 0 Å². The number of benzene rings is 10. The molecule has 0 fully saturated rings. The van der Waals surface area contributed by atoms with Crippen molar-refractivity contribution in [3.8, 4) is 22.3 Å². The van der Waals surface area contributed by atoms with Gasteiger partial charge in [0.15, 0.2) is 0 Å². The molecule has 64 heavy (non-hydrogen) atoms. The van der Waals surface area contributed by atoms with Crippen molar-refractivity contribution >= 4 is 48.6 Å². The highest BCUT2D eigenvalue weighted by molar-refractivity contribution is 7.25. The van der Waals surface area contributed by atoms with E-state index in [0.717, 1.165) is 17.1 Å². The predicted molar refractivity (Wildman–Crippen MR) is 269 cm³/mol. The van der Waals surface area contributed by atoms with Crippen molar-refractivity contribution in [2.24, 2.45) is 0 Å². The summed E-state index contributed by atoms with van der Waals surface area (Å²) < 4.78 is 2.59. The number of thiophene rings is 1. The minimum absolute atomic E-state index is 0.553. The number of hydrogen-bond donors (Lipinski definition) is 0. The van der Waals surface area contributed by atoms with Crippen molar-refractivity contribution in [3.05, 3.63) is 293 Å². The van der Waals surface area contributed by atoms with Crippen LogP contribution in [0.2, 0.25) is 0 Å². The van der Waals surface area contributed by atoms with Crippen molar-refractivity contribution in [3.63, 3.8) is 0 Å². The summed E-state index contributed by atoms with van der Waals surface area (Å²) in [6, 6.07) is 92.9. The molecule has 0 saturated heterocycles. The average Bonchev–Trinajstić information content (AvgIpc) is 3.89. The summed E-state index contributed by atoms with van der Waals surface area (Å²) in [7, 11) is 0. The summed E-state index contributed by atoms with van der Waals surface area (Å²) >= 11 is 1.87. The van der Waals surface area contributed by atoms with E-state index in [2.05, 4.69) is 254 Å². The van der Waals surface area contributed by atoms with Crippen LogP contribution in [-0.2, 0) is 10.8 Å². The first-order valence-electron chi connectivity index (χ1n) is 22.2. The Morgan fingerprint density at radius 1 is 0.281 bits per heavy atom. The largest absolute Gasteiger partial charge is 0.310 e. The van der Waals surface area contributed by atoms with Gasteiger partial charge < -0.3 is 4.90 Å². The summed E-state index contributed by atoms with van der Waals surface area (Å²) in [5.41, 5.74) is 17.6. The lowest BCUT2D eigenvalue weighted by Gasteiger charge is -2.50. The third-order valence-corrected chi connectivity index (χ3v) is 15.2. The molecule has 1 spiro atoms. The fraction of sp³-hybridized carbons (Fsp3) is 0.0323. The number of anilines is 3. The maximum absolute atomic E-state index is 2.52. The molecular weight excluding hydrogens is 791 g/mol. The summed E-state index contributed by atoms with van der Waals surface area (Å²) in [6.07, 6.45) is 0. The second-order valence-corrected chi connectivity index (χ2v) is 18.2. The standard InChI is InChI=1S/C62H41NS/c1-4-18-42(19-5-1)43-32-34-46(35-33-43)63(48-37-39-52-51-25-11-17-31-59(51)64-60(52)41-48)47-36-38-50-49-24-10-12-26-53(49)62(58(50)40-47)56-29-15-13-27-54(56)61(44-20-6-2-7-21-44,45-22-8-3-9-23-45)55-28-14-16-30-57(55)62/h1-41H. The smallest absolute Gasteiger partial charge is 0.0720 e. The first-order valence-corrected chi connectivity index (χ1v) is 23.0. The lowest BCUT2D eigenvalue weighted by molar-refractivity contribution is 0.623. The Morgan fingerprint density at radius 2 is 0.734 bits per heavy atom. The molecule has 0 radical (unpaired) electrons. The molecule has 0 aliphatic heterocycles. The number of hydrogen-bond acceptors (Lipinski definition) is 2. The van der Waals surface area contributed by atoms with Crippen LogP contribution in [0.3, 0.4) is 0 Å². The summed E-state index contributed by atoms with van der Waals surface area (Å²) in [5, 5.41) is 2.60. The third kappa shape index (κ3) is 5.18. The Kier molecular flexibility index (Phi) is 8.28. The summed E-state index contributed by atoms with van der Waals surface area (Å²) in [6.45, 7) is 0. The number of nitrogens with zero attached hydrogens (tertiary/aromatic N) is 1. The zero-order valence-electron chi connectivity index (χ0n) is 35.0. The number of fused-ring (bicyclic) bond motifs is 12. The van der Waals surface area contributed by atoms with E-state index in [1.807, 2.05) is 11.3 Å². The van der Waals surface area contributed by atoms with Gasteiger partial charge in [0.05, 0.1) is 10.8 Å². The van der Waals surface area contributed by atoms with Crippen LogP contribution in [0.5, 0.6) is 0 Å². The molecule has 300 valence electrons. The van der Waals surface area contributed by atoms with E-state index < -0.39 is 10.8 Å². The topological polar surface area (TPSA) is 3.24 Å². The van der Waals surface area contributed by atoms with Crippen molar-refractivity contribution in [1.82, 2.24) is 0 Å². The molecule has 2 heteroatoms. The van der Waals surface area contributed by atoms with Gasteiger partial charge in [-0.2, -0.15) is 0 Å². The van der Waals surface area contributed by atoms with Crippen LogP contribution in [0.4, 0.5) is 17.1 Å². The maximum atomic E-state index is 2.52. The minimum atomic E-state index is -0.597. The molecule has 1 nitrogen and oxygen atoms in total. The highest BCUT2D eigenvalue weighted by Gasteiger charge is 2.56.